The number of carbonyl (C=O) groups is 1. The van der Waals surface area contributed by atoms with Gasteiger partial charge in [-0.05, 0) is 68.5 Å². The van der Waals surface area contributed by atoms with Crippen molar-refractivity contribution >= 4 is 21.6 Å². The normalized spacial score (nSPS) is 16.4. The molecule has 1 heterocycles. The molecule has 1 aliphatic heterocycles. The Bertz CT molecular complexity index is 952. The average Bonchev–Trinajstić information content (AvgIpc) is 2.87. The number of carbonyl (C=O) groups excluding carboxylic acids is 1. The standard InChI is InChI=1S/C20H24N2O3S/c1-13-6-7-16(14(2)11-13)5-4-10-21-26(24,25)17-8-9-19-18(12-17)15(3)20(23)22-19/h6-9,11-12,15,21H,4-5,10H2,1-3H3,(H,22,23)/t15-/m0/s1. The molecule has 2 N–H and O–H groups in total. The molecule has 0 fully saturated rings. The summed E-state index contributed by atoms with van der Waals surface area (Å²) in [6, 6.07) is 11.1. The molecule has 2 aromatic carbocycles. The fourth-order valence-electron chi connectivity index (χ4n) is 3.26. The lowest BCUT2D eigenvalue weighted by Crippen LogP contribution is -2.25. The minimum absolute atomic E-state index is 0.101. The lowest BCUT2D eigenvalue weighted by Gasteiger charge is -2.10. The highest BCUT2D eigenvalue weighted by Gasteiger charge is 2.28. The average molecular weight is 372 g/mol. The molecule has 1 aliphatic rings. The molecule has 1 atom stereocenters. The lowest BCUT2D eigenvalue weighted by molar-refractivity contribution is -0.116. The molecule has 0 saturated carbocycles. The molecule has 5 nitrogen and oxygen atoms in total. The molecule has 0 bridgehead atoms. The highest BCUT2D eigenvalue weighted by Crippen LogP contribution is 2.33. The molecule has 0 aliphatic carbocycles. The molecule has 1 amide bonds. The van der Waals surface area contributed by atoms with Crippen LogP contribution in [0.4, 0.5) is 5.69 Å². The summed E-state index contributed by atoms with van der Waals surface area (Å²) in [5, 5.41) is 2.75. The number of nitrogens with one attached hydrogen (secondary N) is 2. The van der Waals surface area contributed by atoms with Gasteiger partial charge in [0.05, 0.1) is 10.8 Å². The summed E-state index contributed by atoms with van der Waals surface area (Å²) in [6.45, 7) is 6.29. The van der Waals surface area contributed by atoms with E-state index in [9.17, 15) is 13.2 Å². The van der Waals surface area contributed by atoms with Gasteiger partial charge in [-0.25, -0.2) is 13.1 Å². The van der Waals surface area contributed by atoms with Gasteiger partial charge in [-0.2, -0.15) is 0 Å². The first kappa shape index (κ1) is 18.6. The van der Waals surface area contributed by atoms with Crippen molar-refractivity contribution in [3.63, 3.8) is 0 Å². The van der Waals surface area contributed by atoms with Crippen molar-refractivity contribution < 1.29 is 13.2 Å². The third kappa shape index (κ3) is 3.81. The molecule has 0 spiro atoms. The van der Waals surface area contributed by atoms with Crippen molar-refractivity contribution in [2.24, 2.45) is 0 Å². The Kier molecular flexibility index (Phi) is 5.16. The molecule has 0 radical (unpaired) electrons. The van der Waals surface area contributed by atoms with Crippen LogP contribution in [0.25, 0.3) is 0 Å². The van der Waals surface area contributed by atoms with Crippen LogP contribution in [0.15, 0.2) is 41.3 Å². The quantitative estimate of drug-likeness (QED) is 0.764. The second-order valence-electron chi connectivity index (χ2n) is 6.89. The zero-order valence-corrected chi connectivity index (χ0v) is 16.1. The van der Waals surface area contributed by atoms with E-state index in [-0.39, 0.29) is 16.7 Å². The van der Waals surface area contributed by atoms with E-state index in [0.29, 0.717) is 12.2 Å². The van der Waals surface area contributed by atoms with Gasteiger partial charge in [-0.15, -0.1) is 0 Å². The van der Waals surface area contributed by atoms with Crippen LogP contribution in [-0.2, 0) is 21.2 Å². The van der Waals surface area contributed by atoms with Gasteiger partial charge < -0.3 is 5.32 Å². The molecular formula is C20H24N2O3S. The summed E-state index contributed by atoms with van der Waals surface area (Å²) in [5.41, 5.74) is 5.12. The number of anilines is 1. The van der Waals surface area contributed by atoms with Gasteiger partial charge in [0.25, 0.3) is 0 Å². The molecule has 26 heavy (non-hydrogen) atoms. The number of sulfonamides is 1. The van der Waals surface area contributed by atoms with E-state index in [1.807, 2.05) is 0 Å². The van der Waals surface area contributed by atoms with Crippen molar-refractivity contribution in [3.8, 4) is 0 Å². The molecule has 0 aromatic heterocycles. The smallest absolute Gasteiger partial charge is 0.240 e. The Morgan fingerprint density at radius 1 is 1.12 bits per heavy atom. The minimum atomic E-state index is -3.58. The predicted octanol–water partition coefficient (Wildman–Crippen LogP) is 3.27. The maximum absolute atomic E-state index is 12.5. The zero-order valence-electron chi connectivity index (χ0n) is 15.3. The number of hydrogen-bond donors (Lipinski definition) is 2. The van der Waals surface area contributed by atoms with E-state index in [1.165, 1.54) is 22.8 Å². The van der Waals surface area contributed by atoms with Crippen molar-refractivity contribution in [2.45, 2.75) is 44.4 Å². The summed E-state index contributed by atoms with van der Waals surface area (Å²) in [4.78, 5) is 11.9. The molecule has 3 rings (SSSR count). The maximum atomic E-state index is 12.5. The molecular weight excluding hydrogens is 348 g/mol. The summed E-state index contributed by atoms with van der Waals surface area (Å²) < 4.78 is 27.7. The summed E-state index contributed by atoms with van der Waals surface area (Å²) in [6.07, 6.45) is 1.55. The molecule has 6 heteroatoms. The van der Waals surface area contributed by atoms with Gasteiger partial charge in [0.1, 0.15) is 0 Å². The van der Waals surface area contributed by atoms with Crippen molar-refractivity contribution in [3.05, 3.63) is 58.7 Å². The van der Waals surface area contributed by atoms with Crippen molar-refractivity contribution in [2.75, 3.05) is 11.9 Å². The van der Waals surface area contributed by atoms with Crippen LogP contribution in [0.1, 0.15) is 41.5 Å². The zero-order chi connectivity index (χ0) is 18.9. The second kappa shape index (κ2) is 7.21. The first-order valence-corrected chi connectivity index (χ1v) is 10.3. The van der Waals surface area contributed by atoms with Gasteiger partial charge in [-0.1, -0.05) is 23.8 Å². The second-order valence-corrected chi connectivity index (χ2v) is 8.66. The Morgan fingerprint density at radius 3 is 2.62 bits per heavy atom. The van der Waals surface area contributed by atoms with Crippen LogP contribution in [0, 0.1) is 13.8 Å². The van der Waals surface area contributed by atoms with Gasteiger partial charge in [-0.3, -0.25) is 4.79 Å². The van der Waals surface area contributed by atoms with Crippen molar-refractivity contribution in [1.82, 2.24) is 4.72 Å². The Hall–Kier alpha value is -2.18. The third-order valence-corrected chi connectivity index (χ3v) is 6.32. The van der Waals surface area contributed by atoms with Crippen LogP contribution in [-0.4, -0.2) is 20.9 Å². The maximum Gasteiger partial charge on any atom is 0.240 e. The van der Waals surface area contributed by atoms with E-state index in [2.05, 4.69) is 42.1 Å². The number of hydrogen-bond acceptors (Lipinski definition) is 3. The van der Waals surface area contributed by atoms with Crippen LogP contribution < -0.4 is 10.0 Å². The van der Waals surface area contributed by atoms with Crippen LogP contribution in [0.2, 0.25) is 0 Å². The van der Waals surface area contributed by atoms with Gasteiger partial charge in [0.2, 0.25) is 15.9 Å². The van der Waals surface area contributed by atoms with Crippen LogP contribution in [0.5, 0.6) is 0 Å². The number of fused-ring (bicyclic) bond motifs is 1. The Balaban J connectivity index is 1.62. The number of rotatable bonds is 6. The van der Waals surface area contributed by atoms with Crippen LogP contribution >= 0.6 is 0 Å². The Morgan fingerprint density at radius 2 is 1.88 bits per heavy atom. The molecule has 0 unspecified atom stereocenters. The monoisotopic (exact) mass is 372 g/mol. The van der Waals surface area contributed by atoms with Crippen molar-refractivity contribution in [1.29, 1.82) is 0 Å². The van der Waals surface area contributed by atoms with Crippen LogP contribution in [0.3, 0.4) is 0 Å². The highest BCUT2D eigenvalue weighted by atomic mass is 32.2. The fourth-order valence-corrected chi connectivity index (χ4v) is 4.37. The molecule has 2 aromatic rings. The molecule has 138 valence electrons. The van der Waals surface area contributed by atoms with E-state index in [0.717, 1.165) is 18.4 Å². The minimum Gasteiger partial charge on any atom is -0.325 e. The first-order chi connectivity index (χ1) is 12.3. The van der Waals surface area contributed by atoms with E-state index in [4.69, 9.17) is 0 Å². The summed E-state index contributed by atoms with van der Waals surface area (Å²) >= 11 is 0. The fraction of sp³-hybridized carbons (Fsp3) is 0.350. The van der Waals surface area contributed by atoms with Gasteiger partial charge >= 0.3 is 0 Å². The first-order valence-electron chi connectivity index (χ1n) is 8.78. The largest absolute Gasteiger partial charge is 0.325 e. The molecule has 0 saturated heterocycles. The van der Waals surface area contributed by atoms with E-state index >= 15 is 0 Å². The summed E-state index contributed by atoms with van der Waals surface area (Å²) in [5.74, 6) is -0.430. The lowest BCUT2D eigenvalue weighted by atomic mass is 10.0. The number of benzene rings is 2. The van der Waals surface area contributed by atoms with Gasteiger partial charge in [0, 0.05) is 12.2 Å². The topological polar surface area (TPSA) is 75.3 Å². The van der Waals surface area contributed by atoms with Gasteiger partial charge in [0.15, 0.2) is 0 Å². The number of aryl methyl sites for hydroxylation is 3. The predicted molar refractivity (Wildman–Crippen MR) is 103 cm³/mol. The highest BCUT2D eigenvalue weighted by molar-refractivity contribution is 7.89. The number of amides is 1. The summed E-state index contributed by atoms with van der Waals surface area (Å²) in [7, 11) is -3.58. The Labute approximate surface area is 154 Å². The third-order valence-electron chi connectivity index (χ3n) is 4.86. The van der Waals surface area contributed by atoms with E-state index < -0.39 is 10.0 Å². The van der Waals surface area contributed by atoms with E-state index in [1.54, 1.807) is 19.1 Å². The SMILES string of the molecule is Cc1ccc(CCCNS(=O)(=O)c2ccc3c(c2)[C@H](C)C(=O)N3)c(C)c1.